The van der Waals surface area contributed by atoms with E-state index in [1.165, 1.54) is 24.3 Å². The molecule has 3 aromatic carbocycles. The normalized spacial score (nSPS) is 9.71. The maximum atomic E-state index is 13.3. The summed E-state index contributed by atoms with van der Waals surface area (Å²) in [6.07, 6.45) is 0. The predicted octanol–water partition coefficient (Wildman–Crippen LogP) is 4.74. The minimum atomic E-state index is -2.29. The van der Waals surface area contributed by atoms with Crippen LogP contribution < -0.4 is 0 Å². The van der Waals surface area contributed by atoms with Gasteiger partial charge < -0.3 is 35.1 Å². The minimum Gasteiger partial charge on any atom is -0.748 e. The fourth-order valence-electron chi connectivity index (χ4n) is 1.79. The monoisotopic (exact) mass is 380 g/mol. The van der Waals surface area contributed by atoms with Gasteiger partial charge in [0.1, 0.15) is 17.4 Å². The first-order valence-electron chi connectivity index (χ1n) is 6.39. The van der Waals surface area contributed by atoms with Gasteiger partial charge in [-0.25, -0.2) is 22.0 Å². The Balaban J connectivity index is 0.000000412. The minimum absolute atomic E-state index is 0. The van der Waals surface area contributed by atoms with Gasteiger partial charge in [0, 0.05) is 22.6 Å². The fourth-order valence-corrected chi connectivity index (χ4v) is 1.79. The van der Waals surface area contributed by atoms with Crippen molar-refractivity contribution in [3.8, 4) is 0 Å². The van der Waals surface area contributed by atoms with Crippen LogP contribution in [-0.4, -0.2) is 5.78 Å². The summed E-state index contributed by atoms with van der Waals surface area (Å²) in [5.41, 5.74) is -1.60. The van der Waals surface area contributed by atoms with Crippen molar-refractivity contribution in [3.63, 3.8) is 0 Å². The van der Waals surface area contributed by atoms with Gasteiger partial charge in [-0.3, -0.25) is 0 Å². The van der Waals surface area contributed by atoms with Crippen LogP contribution in [0.4, 0.5) is 22.0 Å². The van der Waals surface area contributed by atoms with Gasteiger partial charge in [-0.05, 0) is 0 Å². The molecule has 0 atom stereocenters. The molecule has 0 fully saturated rings. The molecule has 0 bridgehead atoms. The van der Waals surface area contributed by atoms with Gasteiger partial charge in [-0.2, -0.15) is 12.1 Å². The first kappa shape index (κ1) is 19.8. The zero-order chi connectivity index (χ0) is 17.0. The molecule has 0 aliphatic rings. The molecule has 0 aliphatic heterocycles. The molecule has 1 nitrogen and oxygen atoms in total. The smallest absolute Gasteiger partial charge is 0.198 e. The summed E-state index contributed by atoms with van der Waals surface area (Å²) in [5.74, 6) is -12.1. The second-order valence-electron chi connectivity index (χ2n) is 4.41. The summed E-state index contributed by atoms with van der Waals surface area (Å²) in [6.45, 7) is 0. The molecule has 3 rings (SSSR count). The van der Waals surface area contributed by atoms with E-state index in [1.54, 1.807) is 0 Å². The van der Waals surface area contributed by atoms with E-state index in [2.05, 4.69) is 0 Å². The van der Waals surface area contributed by atoms with Crippen LogP contribution in [0.2, 0.25) is 0 Å². The summed E-state index contributed by atoms with van der Waals surface area (Å²) in [4.78, 5) is 11.6. The third kappa shape index (κ3) is 3.99. The Hall–Kier alpha value is -2.24. The summed E-state index contributed by atoms with van der Waals surface area (Å²) in [6, 6.07) is 15.2. The summed E-state index contributed by atoms with van der Waals surface area (Å²) in [7, 11) is 0. The number of ketones is 1. The maximum Gasteiger partial charge on any atom is 0.198 e. The molecule has 0 radical (unpaired) electrons. The van der Waals surface area contributed by atoms with E-state index < -0.39 is 40.4 Å². The van der Waals surface area contributed by atoms with Crippen LogP contribution in [0.1, 0.15) is 15.9 Å². The molecule has 0 saturated heterocycles. The van der Waals surface area contributed by atoms with Gasteiger partial charge >= 0.3 is 0 Å². The van der Waals surface area contributed by atoms with Crippen molar-refractivity contribution in [2.24, 2.45) is 0 Å². The number of carbonyl (C=O) groups excluding carboxylic acids is 1. The first-order chi connectivity index (χ1) is 10.9. The van der Waals surface area contributed by atoms with Crippen LogP contribution >= 0.6 is 0 Å². The number of rotatable bonds is 2. The van der Waals surface area contributed by atoms with Crippen LogP contribution in [-0.2, 0) is 17.1 Å². The molecule has 0 unspecified atom stereocenters. The quantitative estimate of drug-likeness (QED) is 0.157. The molecule has 24 heavy (non-hydrogen) atoms. The Kier molecular flexibility index (Phi) is 7.07. The topological polar surface area (TPSA) is 17.1 Å². The van der Waals surface area contributed by atoms with Gasteiger partial charge in [0.2, 0.25) is 0 Å². The largest absolute Gasteiger partial charge is 0.748 e. The van der Waals surface area contributed by atoms with E-state index in [4.69, 9.17) is 0 Å². The Morgan fingerprint density at radius 1 is 0.708 bits per heavy atom. The van der Waals surface area contributed by atoms with Crippen molar-refractivity contribution < 1.29 is 43.8 Å². The van der Waals surface area contributed by atoms with E-state index in [9.17, 15) is 26.7 Å². The van der Waals surface area contributed by atoms with Crippen LogP contribution in [0, 0.1) is 29.1 Å². The molecule has 132 valence electrons. The van der Waals surface area contributed by atoms with Crippen LogP contribution in [0.5, 0.6) is 0 Å². The second kappa shape index (κ2) is 8.57. The van der Waals surface area contributed by atoms with Crippen LogP contribution in [0.15, 0.2) is 54.6 Å². The Morgan fingerprint density at radius 2 is 1.04 bits per heavy atom. The van der Waals surface area contributed by atoms with Gasteiger partial charge in [0.05, 0.1) is 0 Å². The van der Waals surface area contributed by atoms with E-state index in [-0.39, 0.29) is 22.6 Å². The second-order valence-corrected chi connectivity index (χ2v) is 4.41. The Morgan fingerprint density at radius 3 is 1.42 bits per heavy atom. The zero-order valence-electron chi connectivity index (χ0n) is 11.8. The molecule has 0 saturated carbocycles. The number of carbonyl (C=O) groups is 1. The number of hydrogen-bond acceptors (Lipinski definition) is 1. The van der Waals surface area contributed by atoms with Crippen molar-refractivity contribution in [3.05, 3.63) is 94.8 Å². The first-order valence-corrected chi connectivity index (χ1v) is 6.39. The van der Waals surface area contributed by atoms with Gasteiger partial charge in [0.25, 0.3) is 0 Å². The zero-order valence-corrected chi connectivity index (χ0v) is 13.0. The van der Waals surface area contributed by atoms with E-state index in [0.717, 1.165) is 0 Å². The standard InChI is InChI=1S/C12H4F5O.C5H5.Fe/c13-7-6(12(18)5-3-1-2-4-5)8(14)10(16)11(17)9(7)15;1-2-4-5-3-1;/h1-4H;1-5H;/q-1;-5;. The van der Waals surface area contributed by atoms with Gasteiger partial charge in [0.15, 0.2) is 17.5 Å². The number of halogens is 5. The molecule has 0 heterocycles. The van der Waals surface area contributed by atoms with E-state index >= 15 is 0 Å². The molecule has 0 aromatic heterocycles. The van der Waals surface area contributed by atoms with Crippen molar-refractivity contribution in [2.45, 2.75) is 0 Å². The van der Waals surface area contributed by atoms with Crippen molar-refractivity contribution in [2.75, 3.05) is 0 Å². The van der Waals surface area contributed by atoms with Crippen molar-refractivity contribution >= 4 is 5.78 Å². The maximum absolute atomic E-state index is 13.3. The third-order valence-electron chi connectivity index (χ3n) is 2.92. The predicted molar refractivity (Wildman–Crippen MR) is 73.7 cm³/mol. The Bertz CT molecular complexity index is 749. The average Bonchev–Trinajstić information content (AvgIpc) is 3.26. The summed E-state index contributed by atoms with van der Waals surface area (Å²) >= 11 is 0. The summed E-state index contributed by atoms with van der Waals surface area (Å²) in [5, 5.41) is 0. The average molecular weight is 380 g/mol. The SMILES string of the molecule is O=C(c1c(F)c(F)c(F)c(F)c1F)[c-]1cccc1.[Fe].[cH-]1[cH-][cH-][cH-][cH-]1. The Labute approximate surface area is 144 Å². The molecular weight excluding hydrogens is 371 g/mol. The fraction of sp³-hybridized carbons (Fsp3) is 0. The molecule has 7 heteroatoms. The van der Waals surface area contributed by atoms with Crippen molar-refractivity contribution in [1.29, 1.82) is 0 Å². The van der Waals surface area contributed by atoms with E-state index in [1.807, 2.05) is 30.3 Å². The number of hydrogen-bond donors (Lipinski definition) is 0. The van der Waals surface area contributed by atoms with Gasteiger partial charge in [-0.1, -0.05) is 5.56 Å². The van der Waals surface area contributed by atoms with Crippen LogP contribution in [0.25, 0.3) is 0 Å². The molecule has 0 spiro atoms. The molecule has 0 aliphatic carbocycles. The van der Waals surface area contributed by atoms with Crippen LogP contribution in [0.3, 0.4) is 0 Å². The molecule has 0 amide bonds. The molecule has 3 aromatic rings. The van der Waals surface area contributed by atoms with Gasteiger partial charge in [-0.15, -0.1) is 12.1 Å². The summed E-state index contributed by atoms with van der Waals surface area (Å²) < 4.78 is 65.2. The third-order valence-corrected chi connectivity index (χ3v) is 2.92. The molecule has 0 N–H and O–H groups in total. The van der Waals surface area contributed by atoms with E-state index in [0.29, 0.717) is 0 Å². The number of benzene rings is 1. The van der Waals surface area contributed by atoms with Crippen molar-refractivity contribution in [1.82, 2.24) is 0 Å². The molecular formula is C17H9F5FeO-6.